The molecular formula is C22H18F3N3O2S. The van der Waals surface area contributed by atoms with Crippen molar-refractivity contribution in [2.75, 3.05) is 11.2 Å². The van der Waals surface area contributed by atoms with Crippen LogP contribution in [0.1, 0.15) is 18.1 Å². The molecule has 0 radical (unpaired) electrons. The van der Waals surface area contributed by atoms with Gasteiger partial charge in [-0.2, -0.15) is 13.2 Å². The molecule has 9 heteroatoms. The Labute approximate surface area is 177 Å². The van der Waals surface area contributed by atoms with Crippen molar-refractivity contribution in [1.82, 2.24) is 4.98 Å². The highest BCUT2D eigenvalue weighted by molar-refractivity contribution is 7.91. The summed E-state index contributed by atoms with van der Waals surface area (Å²) in [6, 6.07) is 13.6. The van der Waals surface area contributed by atoms with E-state index in [0.29, 0.717) is 22.4 Å². The Morgan fingerprint density at radius 1 is 1.03 bits per heavy atom. The number of hydrogen-bond donors (Lipinski definition) is 0. The molecule has 0 bridgehead atoms. The van der Waals surface area contributed by atoms with Crippen molar-refractivity contribution in [1.29, 1.82) is 0 Å². The molecule has 3 aromatic rings. The molecule has 0 aliphatic carbocycles. The largest absolute Gasteiger partial charge is 0.416 e. The molecule has 1 aliphatic heterocycles. The molecule has 1 atom stereocenters. The molecule has 5 nitrogen and oxygen atoms in total. The third kappa shape index (κ3) is 4.05. The zero-order valence-electron chi connectivity index (χ0n) is 16.6. The number of aromatic nitrogens is 1. The molecule has 1 aromatic heterocycles. The fourth-order valence-corrected chi connectivity index (χ4v) is 4.45. The Bertz CT molecular complexity index is 1310. The summed E-state index contributed by atoms with van der Waals surface area (Å²) in [6.07, 6.45) is -0.313. The van der Waals surface area contributed by atoms with Gasteiger partial charge in [0.15, 0.2) is 9.84 Å². The highest BCUT2D eigenvalue weighted by Crippen LogP contribution is 2.37. The molecule has 2 heterocycles. The summed E-state index contributed by atoms with van der Waals surface area (Å²) in [5.41, 5.74) is 0.783. The third-order valence-electron chi connectivity index (χ3n) is 4.97. The van der Waals surface area contributed by atoms with Crippen molar-refractivity contribution in [3.8, 4) is 0 Å². The van der Waals surface area contributed by atoms with Gasteiger partial charge in [0.2, 0.25) is 5.50 Å². The van der Waals surface area contributed by atoms with Crippen molar-refractivity contribution >= 4 is 38.3 Å². The minimum atomic E-state index is -4.49. The number of anilines is 1. The summed E-state index contributed by atoms with van der Waals surface area (Å²) in [5.74, 6) is 0. The molecule has 0 saturated carbocycles. The maximum atomic E-state index is 13.0. The molecule has 0 saturated heterocycles. The molecule has 1 aliphatic rings. The molecule has 1 unspecified atom stereocenters. The lowest BCUT2D eigenvalue weighted by Gasteiger charge is -2.35. The lowest BCUT2D eigenvalue weighted by molar-refractivity contribution is -0.137. The molecule has 2 aromatic carbocycles. The van der Waals surface area contributed by atoms with Gasteiger partial charge in [-0.1, -0.05) is 18.2 Å². The summed E-state index contributed by atoms with van der Waals surface area (Å²) < 4.78 is 64.1. The van der Waals surface area contributed by atoms with Gasteiger partial charge >= 0.3 is 6.18 Å². The first-order valence-electron chi connectivity index (χ1n) is 9.30. The minimum Gasteiger partial charge on any atom is -0.305 e. The normalized spacial score (nSPS) is 17.5. The second-order valence-corrected chi connectivity index (χ2v) is 9.37. The monoisotopic (exact) mass is 445 g/mol. The summed E-state index contributed by atoms with van der Waals surface area (Å²) in [4.78, 5) is 9.97. The van der Waals surface area contributed by atoms with Crippen molar-refractivity contribution in [3.05, 3.63) is 77.5 Å². The standard InChI is InChI=1S/C22H18F3N3O2S/c1-14-13-27-21(31(2,29)30)28(18-9-7-17(8-10-18)22(23,24)25)20(14)16-6-5-15-4-3-11-26-19(15)12-16/h3-13,21H,1-2H3. The van der Waals surface area contributed by atoms with Crippen LogP contribution >= 0.6 is 0 Å². The smallest absolute Gasteiger partial charge is 0.305 e. The maximum Gasteiger partial charge on any atom is 0.416 e. The first-order valence-corrected chi connectivity index (χ1v) is 11.3. The van der Waals surface area contributed by atoms with Crippen LogP contribution in [0, 0.1) is 0 Å². The zero-order valence-corrected chi connectivity index (χ0v) is 17.4. The van der Waals surface area contributed by atoms with Crippen LogP contribution in [0.15, 0.2) is 71.4 Å². The molecule has 0 amide bonds. The number of allylic oxidation sites excluding steroid dienone is 1. The number of rotatable bonds is 3. The van der Waals surface area contributed by atoms with Gasteiger partial charge in [-0.05, 0) is 48.9 Å². The van der Waals surface area contributed by atoms with Crippen LogP contribution in [0.25, 0.3) is 16.6 Å². The van der Waals surface area contributed by atoms with Gasteiger partial charge in [0.05, 0.1) is 16.8 Å². The van der Waals surface area contributed by atoms with Crippen molar-refractivity contribution in [2.45, 2.75) is 18.6 Å². The molecule has 0 fully saturated rings. The lowest BCUT2D eigenvalue weighted by Crippen LogP contribution is -2.41. The Morgan fingerprint density at radius 2 is 1.74 bits per heavy atom. The number of alkyl halides is 3. The van der Waals surface area contributed by atoms with E-state index in [-0.39, 0.29) is 5.69 Å². The van der Waals surface area contributed by atoms with Crippen LogP contribution in [0.5, 0.6) is 0 Å². The fourth-order valence-electron chi connectivity index (χ4n) is 3.55. The molecule has 31 heavy (non-hydrogen) atoms. The van der Waals surface area contributed by atoms with Crippen LogP contribution < -0.4 is 4.90 Å². The average Bonchev–Trinajstić information content (AvgIpc) is 2.71. The van der Waals surface area contributed by atoms with Crippen LogP contribution in [0.3, 0.4) is 0 Å². The number of aliphatic imine (C=N–C) groups is 1. The van der Waals surface area contributed by atoms with E-state index in [2.05, 4.69) is 9.98 Å². The zero-order chi connectivity index (χ0) is 22.4. The van der Waals surface area contributed by atoms with E-state index in [1.807, 2.05) is 30.3 Å². The SMILES string of the molecule is CC1=C(c2ccc3cccnc3c2)N(c2ccc(C(F)(F)F)cc2)C(S(C)(=O)=O)N=C1. The van der Waals surface area contributed by atoms with Gasteiger partial charge < -0.3 is 4.90 Å². The first-order chi connectivity index (χ1) is 14.6. The van der Waals surface area contributed by atoms with E-state index in [1.54, 1.807) is 13.1 Å². The van der Waals surface area contributed by atoms with Gasteiger partial charge in [0.25, 0.3) is 0 Å². The number of nitrogens with zero attached hydrogens (tertiary/aromatic N) is 3. The van der Waals surface area contributed by atoms with Gasteiger partial charge in [-0.25, -0.2) is 8.42 Å². The second kappa shape index (κ2) is 7.49. The summed E-state index contributed by atoms with van der Waals surface area (Å²) in [5, 5.41) is 0.912. The van der Waals surface area contributed by atoms with Crippen molar-refractivity contribution < 1.29 is 21.6 Å². The average molecular weight is 445 g/mol. The predicted octanol–water partition coefficient (Wildman–Crippen LogP) is 4.90. The summed E-state index contributed by atoms with van der Waals surface area (Å²) in [6.45, 7) is 1.77. The Hall–Kier alpha value is -3.20. The second-order valence-electron chi connectivity index (χ2n) is 7.29. The molecule has 0 spiro atoms. The lowest BCUT2D eigenvalue weighted by atomic mass is 10.0. The van der Waals surface area contributed by atoms with Crippen molar-refractivity contribution in [3.63, 3.8) is 0 Å². The predicted molar refractivity (Wildman–Crippen MR) is 115 cm³/mol. The highest BCUT2D eigenvalue weighted by Gasteiger charge is 2.35. The van der Waals surface area contributed by atoms with E-state index in [1.165, 1.54) is 23.2 Å². The fraction of sp³-hybridized carbons (Fsp3) is 0.182. The van der Waals surface area contributed by atoms with Gasteiger partial charge in [0, 0.05) is 35.3 Å². The van der Waals surface area contributed by atoms with Crippen molar-refractivity contribution in [2.24, 2.45) is 4.99 Å². The molecule has 160 valence electrons. The number of pyridine rings is 1. The maximum absolute atomic E-state index is 13.0. The van der Waals surface area contributed by atoms with E-state index < -0.39 is 27.1 Å². The van der Waals surface area contributed by atoms with Crippen LogP contribution in [0.2, 0.25) is 0 Å². The van der Waals surface area contributed by atoms with E-state index in [9.17, 15) is 21.6 Å². The van der Waals surface area contributed by atoms with E-state index in [4.69, 9.17) is 0 Å². The highest BCUT2D eigenvalue weighted by atomic mass is 32.2. The minimum absolute atomic E-state index is 0.288. The van der Waals surface area contributed by atoms with Gasteiger partial charge in [-0.15, -0.1) is 0 Å². The number of halogens is 3. The number of benzene rings is 2. The Morgan fingerprint density at radius 3 is 2.39 bits per heavy atom. The number of hydrogen-bond acceptors (Lipinski definition) is 5. The third-order valence-corrected chi connectivity index (χ3v) is 6.06. The topological polar surface area (TPSA) is 62.6 Å². The quantitative estimate of drug-likeness (QED) is 0.575. The van der Waals surface area contributed by atoms with Crippen LogP contribution in [0.4, 0.5) is 18.9 Å². The first kappa shape index (κ1) is 21.0. The number of fused-ring (bicyclic) bond motifs is 1. The Kier molecular flexibility index (Phi) is 5.09. The molecular weight excluding hydrogens is 427 g/mol. The number of sulfone groups is 1. The van der Waals surface area contributed by atoms with E-state index >= 15 is 0 Å². The summed E-state index contributed by atoms with van der Waals surface area (Å²) >= 11 is 0. The van der Waals surface area contributed by atoms with Gasteiger partial charge in [0.1, 0.15) is 0 Å². The summed E-state index contributed by atoms with van der Waals surface area (Å²) in [7, 11) is -3.71. The van der Waals surface area contributed by atoms with Gasteiger partial charge in [-0.3, -0.25) is 9.98 Å². The molecule has 4 rings (SSSR count). The van der Waals surface area contributed by atoms with Crippen LogP contribution in [-0.4, -0.2) is 31.4 Å². The van der Waals surface area contributed by atoms with E-state index in [0.717, 1.165) is 23.8 Å². The Balaban J connectivity index is 1.90. The molecule has 0 N–H and O–H groups in total. The van der Waals surface area contributed by atoms with Crippen LogP contribution in [-0.2, 0) is 16.0 Å².